The standard InChI is InChI=1S/C13H16ClN3O4/c1-3-15-13(20)17-11(18)7-16-8-4-5-10(14)9(6-8)12(19)21-2/h4-6,16H,3,7H2,1-2H3,(H2,15,17,18,20). The summed E-state index contributed by atoms with van der Waals surface area (Å²) in [5, 5.41) is 7.61. The van der Waals surface area contributed by atoms with Crippen LogP contribution in [-0.4, -0.2) is 38.1 Å². The highest BCUT2D eigenvalue weighted by atomic mass is 35.5. The number of hydrogen-bond donors (Lipinski definition) is 3. The van der Waals surface area contributed by atoms with Crippen molar-refractivity contribution in [3.05, 3.63) is 28.8 Å². The molecule has 8 heteroatoms. The molecule has 1 rings (SSSR count). The van der Waals surface area contributed by atoms with Crippen molar-refractivity contribution in [3.8, 4) is 0 Å². The molecule has 0 radical (unpaired) electrons. The lowest BCUT2D eigenvalue weighted by atomic mass is 10.2. The molecule has 21 heavy (non-hydrogen) atoms. The fraction of sp³-hybridized carbons (Fsp3) is 0.308. The molecule has 0 spiro atoms. The summed E-state index contributed by atoms with van der Waals surface area (Å²) in [5.74, 6) is -1.08. The van der Waals surface area contributed by atoms with Crippen molar-refractivity contribution in [2.75, 3.05) is 25.5 Å². The molecule has 0 bridgehead atoms. The number of imide groups is 1. The maximum atomic E-state index is 11.5. The first kappa shape index (κ1) is 16.8. The largest absolute Gasteiger partial charge is 0.465 e. The minimum absolute atomic E-state index is 0.126. The zero-order valence-corrected chi connectivity index (χ0v) is 12.4. The number of anilines is 1. The Bertz CT molecular complexity index is 548. The zero-order valence-electron chi connectivity index (χ0n) is 11.7. The van der Waals surface area contributed by atoms with Crippen LogP contribution in [-0.2, 0) is 9.53 Å². The molecule has 3 amide bonds. The van der Waals surface area contributed by atoms with Crippen molar-refractivity contribution in [1.82, 2.24) is 10.6 Å². The van der Waals surface area contributed by atoms with Crippen LogP contribution >= 0.6 is 11.6 Å². The molecular formula is C13H16ClN3O4. The number of rotatable bonds is 5. The Hall–Kier alpha value is -2.28. The summed E-state index contributed by atoms with van der Waals surface area (Å²) >= 11 is 5.88. The fourth-order valence-electron chi connectivity index (χ4n) is 1.46. The van der Waals surface area contributed by atoms with Crippen LogP contribution in [0, 0.1) is 0 Å². The molecule has 0 saturated carbocycles. The van der Waals surface area contributed by atoms with Crippen LogP contribution in [0.4, 0.5) is 10.5 Å². The number of hydrogen-bond acceptors (Lipinski definition) is 5. The number of ether oxygens (including phenoxy) is 1. The van der Waals surface area contributed by atoms with Crippen molar-refractivity contribution in [3.63, 3.8) is 0 Å². The number of benzene rings is 1. The lowest BCUT2D eigenvalue weighted by Crippen LogP contribution is -2.41. The Balaban J connectivity index is 2.62. The quantitative estimate of drug-likeness (QED) is 0.714. The van der Waals surface area contributed by atoms with Gasteiger partial charge in [0, 0.05) is 12.2 Å². The summed E-state index contributed by atoms with van der Waals surface area (Å²) in [6, 6.07) is 4.02. The molecule has 1 aromatic carbocycles. The van der Waals surface area contributed by atoms with Crippen molar-refractivity contribution >= 4 is 35.2 Å². The van der Waals surface area contributed by atoms with Gasteiger partial charge in [0.05, 0.1) is 24.2 Å². The highest BCUT2D eigenvalue weighted by Gasteiger charge is 2.12. The van der Waals surface area contributed by atoms with E-state index in [9.17, 15) is 14.4 Å². The van der Waals surface area contributed by atoms with Gasteiger partial charge in [-0.15, -0.1) is 0 Å². The van der Waals surface area contributed by atoms with Gasteiger partial charge < -0.3 is 15.4 Å². The van der Waals surface area contributed by atoms with Gasteiger partial charge in [0.2, 0.25) is 5.91 Å². The van der Waals surface area contributed by atoms with E-state index in [1.165, 1.54) is 19.2 Å². The van der Waals surface area contributed by atoms with E-state index >= 15 is 0 Å². The number of carbonyl (C=O) groups excluding carboxylic acids is 3. The molecule has 0 unspecified atom stereocenters. The third-order valence-electron chi connectivity index (χ3n) is 2.42. The summed E-state index contributed by atoms with van der Waals surface area (Å²) in [5.41, 5.74) is 0.694. The third kappa shape index (κ3) is 5.31. The second-order valence-corrected chi connectivity index (χ2v) is 4.35. The summed E-state index contributed by atoms with van der Waals surface area (Å²) in [4.78, 5) is 34.1. The number of urea groups is 1. The van der Waals surface area contributed by atoms with Gasteiger partial charge in [0.1, 0.15) is 0 Å². The van der Waals surface area contributed by atoms with E-state index in [0.29, 0.717) is 12.2 Å². The monoisotopic (exact) mass is 313 g/mol. The summed E-state index contributed by atoms with van der Waals surface area (Å²) in [6.45, 7) is 2.04. The van der Waals surface area contributed by atoms with Gasteiger partial charge in [-0.25, -0.2) is 9.59 Å². The van der Waals surface area contributed by atoms with E-state index < -0.39 is 17.9 Å². The maximum Gasteiger partial charge on any atom is 0.339 e. The van der Waals surface area contributed by atoms with Gasteiger partial charge in [-0.1, -0.05) is 11.6 Å². The molecule has 0 atom stereocenters. The summed E-state index contributed by atoms with van der Waals surface area (Å²) < 4.78 is 4.59. The van der Waals surface area contributed by atoms with Gasteiger partial charge in [-0.3, -0.25) is 10.1 Å². The highest BCUT2D eigenvalue weighted by molar-refractivity contribution is 6.33. The van der Waals surface area contributed by atoms with Gasteiger partial charge in [-0.05, 0) is 25.1 Å². The first-order chi connectivity index (χ1) is 9.97. The average Bonchev–Trinajstić information content (AvgIpc) is 2.45. The molecule has 0 fully saturated rings. The molecule has 7 nitrogen and oxygen atoms in total. The second-order valence-electron chi connectivity index (χ2n) is 3.95. The molecule has 114 valence electrons. The Morgan fingerprint density at radius 3 is 2.62 bits per heavy atom. The highest BCUT2D eigenvalue weighted by Crippen LogP contribution is 2.21. The van der Waals surface area contributed by atoms with Crippen LogP contribution in [0.15, 0.2) is 18.2 Å². The van der Waals surface area contributed by atoms with E-state index in [4.69, 9.17) is 11.6 Å². The van der Waals surface area contributed by atoms with E-state index in [1.807, 2.05) is 0 Å². The van der Waals surface area contributed by atoms with Crippen molar-refractivity contribution in [1.29, 1.82) is 0 Å². The predicted octanol–water partition coefficient (Wildman–Crippen LogP) is 1.38. The van der Waals surface area contributed by atoms with Crippen molar-refractivity contribution < 1.29 is 19.1 Å². The Kier molecular flexibility index (Phi) is 6.48. The molecule has 0 aliphatic rings. The lowest BCUT2D eigenvalue weighted by Gasteiger charge is -2.09. The van der Waals surface area contributed by atoms with Crippen LogP contribution in [0.1, 0.15) is 17.3 Å². The molecule has 0 saturated heterocycles. The first-order valence-electron chi connectivity index (χ1n) is 6.17. The number of halogens is 1. The van der Waals surface area contributed by atoms with E-state index in [1.54, 1.807) is 13.0 Å². The minimum atomic E-state index is -0.574. The molecule has 3 N–H and O–H groups in total. The maximum absolute atomic E-state index is 11.5. The Morgan fingerprint density at radius 1 is 1.29 bits per heavy atom. The van der Waals surface area contributed by atoms with Gasteiger partial charge in [0.15, 0.2) is 0 Å². The molecule has 0 aliphatic carbocycles. The Morgan fingerprint density at radius 2 is 2.00 bits per heavy atom. The fourth-order valence-corrected chi connectivity index (χ4v) is 1.65. The average molecular weight is 314 g/mol. The number of nitrogens with one attached hydrogen (secondary N) is 3. The Labute approximate surface area is 127 Å². The van der Waals surface area contributed by atoms with Crippen LogP contribution in [0.3, 0.4) is 0 Å². The van der Waals surface area contributed by atoms with Crippen LogP contribution < -0.4 is 16.0 Å². The minimum Gasteiger partial charge on any atom is -0.465 e. The molecule has 0 aliphatic heterocycles. The first-order valence-corrected chi connectivity index (χ1v) is 6.55. The van der Waals surface area contributed by atoms with Gasteiger partial charge >= 0.3 is 12.0 Å². The van der Waals surface area contributed by atoms with E-state index in [0.717, 1.165) is 0 Å². The number of methoxy groups -OCH3 is 1. The molecule has 0 heterocycles. The lowest BCUT2D eigenvalue weighted by molar-refractivity contribution is -0.118. The number of carbonyl (C=O) groups is 3. The smallest absolute Gasteiger partial charge is 0.339 e. The zero-order chi connectivity index (χ0) is 15.8. The molecule has 1 aromatic rings. The van der Waals surface area contributed by atoms with Gasteiger partial charge in [0.25, 0.3) is 0 Å². The number of esters is 1. The van der Waals surface area contributed by atoms with Gasteiger partial charge in [-0.2, -0.15) is 0 Å². The summed E-state index contributed by atoms with van der Waals surface area (Å²) in [6.07, 6.45) is 0. The van der Waals surface area contributed by atoms with Crippen molar-refractivity contribution in [2.24, 2.45) is 0 Å². The second kappa shape index (κ2) is 8.11. The normalized spacial score (nSPS) is 9.67. The van der Waals surface area contributed by atoms with Crippen LogP contribution in [0.25, 0.3) is 0 Å². The topological polar surface area (TPSA) is 96.5 Å². The van der Waals surface area contributed by atoms with Crippen molar-refractivity contribution in [2.45, 2.75) is 6.92 Å². The van der Waals surface area contributed by atoms with E-state index in [2.05, 4.69) is 20.7 Å². The number of amides is 3. The van der Waals surface area contributed by atoms with Crippen LogP contribution in [0.2, 0.25) is 5.02 Å². The summed E-state index contributed by atoms with van der Waals surface area (Å²) in [7, 11) is 1.25. The predicted molar refractivity (Wildman–Crippen MR) is 78.5 cm³/mol. The molecule has 0 aromatic heterocycles. The molecular weight excluding hydrogens is 298 g/mol. The SMILES string of the molecule is CCNC(=O)NC(=O)CNc1ccc(Cl)c(C(=O)OC)c1. The third-order valence-corrected chi connectivity index (χ3v) is 2.74. The van der Waals surface area contributed by atoms with Crippen LogP contribution in [0.5, 0.6) is 0 Å². The van der Waals surface area contributed by atoms with E-state index in [-0.39, 0.29) is 17.1 Å².